The van der Waals surface area contributed by atoms with E-state index in [2.05, 4.69) is 12.2 Å². The van der Waals surface area contributed by atoms with Gasteiger partial charge in [0.1, 0.15) is 0 Å². The highest BCUT2D eigenvalue weighted by Gasteiger charge is 2.29. The zero-order chi connectivity index (χ0) is 6.97. The highest BCUT2D eigenvalue weighted by molar-refractivity contribution is 4.88. The Balaban J connectivity index is 2.00. The summed E-state index contributed by atoms with van der Waals surface area (Å²) in [5.74, 6) is 0.941. The summed E-state index contributed by atoms with van der Waals surface area (Å²) in [7, 11) is 0. The van der Waals surface area contributed by atoms with Crippen molar-refractivity contribution in [3.63, 3.8) is 0 Å². The lowest BCUT2D eigenvalue weighted by Crippen LogP contribution is -2.49. The van der Waals surface area contributed by atoms with Gasteiger partial charge in [0.2, 0.25) is 0 Å². The molecular weight excluding hydrogens is 122 g/mol. The highest BCUT2D eigenvalue weighted by atomic mass is 15.0. The Morgan fingerprint density at radius 1 is 1.10 bits per heavy atom. The van der Waals surface area contributed by atoms with Crippen LogP contribution in [0.15, 0.2) is 0 Å². The van der Waals surface area contributed by atoms with Crippen LogP contribution in [0.4, 0.5) is 0 Å². The van der Waals surface area contributed by atoms with Gasteiger partial charge in [-0.1, -0.05) is 13.3 Å². The maximum absolute atomic E-state index is 3.70. The van der Waals surface area contributed by atoms with Crippen LogP contribution >= 0.6 is 0 Å². The molecule has 1 heteroatoms. The highest BCUT2D eigenvalue weighted by Crippen LogP contribution is 2.29. The molecule has 1 nitrogen and oxygen atoms in total. The zero-order valence-electron chi connectivity index (χ0n) is 6.77. The molecule has 10 heavy (non-hydrogen) atoms. The van der Waals surface area contributed by atoms with E-state index in [1.165, 1.54) is 32.1 Å². The molecule has 0 amide bonds. The van der Waals surface area contributed by atoms with Gasteiger partial charge in [-0.05, 0) is 31.6 Å². The van der Waals surface area contributed by atoms with Gasteiger partial charge < -0.3 is 5.32 Å². The lowest BCUT2D eigenvalue weighted by atomic mass is 9.80. The summed E-state index contributed by atoms with van der Waals surface area (Å²) in [4.78, 5) is 0. The number of hydrogen-bond donors (Lipinski definition) is 1. The SMILES string of the molecule is CC1CCC2CCCC1N2. The average molecular weight is 139 g/mol. The molecule has 2 saturated heterocycles. The zero-order valence-corrected chi connectivity index (χ0v) is 6.77. The van der Waals surface area contributed by atoms with Crippen molar-refractivity contribution in [3.05, 3.63) is 0 Å². The molecule has 1 N–H and O–H groups in total. The van der Waals surface area contributed by atoms with Crippen molar-refractivity contribution in [2.24, 2.45) is 5.92 Å². The van der Waals surface area contributed by atoms with E-state index in [1.54, 1.807) is 0 Å². The minimum absolute atomic E-state index is 0.868. The molecule has 3 atom stereocenters. The standard InChI is InChI=1S/C9H17N/c1-7-5-6-8-3-2-4-9(7)10-8/h7-10H,2-6H2,1H3. The number of nitrogens with one attached hydrogen (secondary N) is 1. The van der Waals surface area contributed by atoms with Crippen molar-refractivity contribution in [2.45, 2.75) is 51.1 Å². The molecule has 0 aliphatic carbocycles. The van der Waals surface area contributed by atoms with Gasteiger partial charge in [-0.15, -0.1) is 0 Å². The van der Waals surface area contributed by atoms with Crippen molar-refractivity contribution in [1.29, 1.82) is 0 Å². The smallest absolute Gasteiger partial charge is 0.00953 e. The van der Waals surface area contributed by atoms with Gasteiger partial charge in [0.15, 0.2) is 0 Å². The Bertz CT molecular complexity index is 120. The van der Waals surface area contributed by atoms with E-state index < -0.39 is 0 Å². The second-order valence-electron chi connectivity index (χ2n) is 3.96. The van der Waals surface area contributed by atoms with Crippen LogP contribution in [-0.2, 0) is 0 Å². The van der Waals surface area contributed by atoms with Crippen LogP contribution in [0.1, 0.15) is 39.0 Å². The summed E-state index contributed by atoms with van der Waals surface area (Å²) in [6.07, 6.45) is 7.22. The van der Waals surface area contributed by atoms with E-state index >= 15 is 0 Å². The summed E-state index contributed by atoms with van der Waals surface area (Å²) >= 11 is 0. The largest absolute Gasteiger partial charge is 0.311 e. The Morgan fingerprint density at radius 3 is 2.80 bits per heavy atom. The lowest BCUT2D eigenvalue weighted by Gasteiger charge is -2.40. The summed E-state index contributed by atoms with van der Waals surface area (Å²) < 4.78 is 0. The molecule has 2 aliphatic rings. The van der Waals surface area contributed by atoms with Crippen LogP contribution in [0.2, 0.25) is 0 Å². The Morgan fingerprint density at radius 2 is 2.00 bits per heavy atom. The predicted molar refractivity (Wildman–Crippen MR) is 43.0 cm³/mol. The van der Waals surface area contributed by atoms with Gasteiger partial charge in [-0.25, -0.2) is 0 Å². The van der Waals surface area contributed by atoms with Gasteiger partial charge in [-0.2, -0.15) is 0 Å². The van der Waals surface area contributed by atoms with Crippen molar-refractivity contribution in [1.82, 2.24) is 5.32 Å². The van der Waals surface area contributed by atoms with Gasteiger partial charge in [-0.3, -0.25) is 0 Å². The van der Waals surface area contributed by atoms with Crippen LogP contribution in [0, 0.1) is 5.92 Å². The molecule has 2 fully saturated rings. The summed E-state index contributed by atoms with van der Waals surface area (Å²) in [6.45, 7) is 2.39. The third-order valence-electron chi connectivity index (χ3n) is 3.17. The van der Waals surface area contributed by atoms with E-state index in [0.717, 1.165) is 18.0 Å². The molecule has 0 aromatic carbocycles. The third kappa shape index (κ3) is 1.07. The molecule has 2 heterocycles. The molecule has 0 spiro atoms. The first-order valence-electron chi connectivity index (χ1n) is 4.62. The van der Waals surface area contributed by atoms with E-state index in [9.17, 15) is 0 Å². The number of rotatable bonds is 0. The minimum atomic E-state index is 0.868. The first-order chi connectivity index (χ1) is 4.86. The van der Waals surface area contributed by atoms with E-state index in [4.69, 9.17) is 0 Å². The normalized spacial score (nSPS) is 47.1. The predicted octanol–water partition coefficient (Wildman–Crippen LogP) is 1.93. The molecule has 0 radical (unpaired) electrons. The van der Waals surface area contributed by atoms with E-state index in [1.807, 2.05) is 0 Å². The summed E-state index contributed by atoms with van der Waals surface area (Å²) in [6, 6.07) is 1.75. The molecule has 0 aromatic heterocycles. The monoisotopic (exact) mass is 139 g/mol. The van der Waals surface area contributed by atoms with Crippen molar-refractivity contribution in [3.8, 4) is 0 Å². The quantitative estimate of drug-likeness (QED) is 0.540. The first-order valence-corrected chi connectivity index (χ1v) is 4.62. The maximum Gasteiger partial charge on any atom is 0.00953 e. The van der Waals surface area contributed by atoms with Crippen LogP contribution in [0.25, 0.3) is 0 Å². The number of piperidine rings is 2. The van der Waals surface area contributed by atoms with E-state index in [0.29, 0.717) is 0 Å². The Labute approximate surface area is 63.2 Å². The Kier molecular flexibility index (Phi) is 1.69. The fraction of sp³-hybridized carbons (Fsp3) is 1.00. The molecule has 3 unspecified atom stereocenters. The van der Waals surface area contributed by atoms with Crippen LogP contribution in [0.3, 0.4) is 0 Å². The van der Waals surface area contributed by atoms with Crippen LogP contribution in [-0.4, -0.2) is 12.1 Å². The summed E-state index contributed by atoms with van der Waals surface area (Å²) in [5.41, 5.74) is 0. The first kappa shape index (κ1) is 6.66. The van der Waals surface area contributed by atoms with Gasteiger partial charge in [0, 0.05) is 12.1 Å². The van der Waals surface area contributed by atoms with Crippen molar-refractivity contribution >= 4 is 0 Å². The molecule has 0 aromatic rings. The van der Waals surface area contributed by atoms with Crippen LogP contribution in [0.5, 0.6) is 0 Å². The van der Waals surface area contributed by atoms with Crippen molar-refractivity contribution in [2.75, 3.05) is 0 Å². The van der Waals surface area contributed by atoms with Crippen molar-refractivity contribution < 1.29 is 0 Å². The molecule has 2 rings (SSSR count). The number of hydrogen-bond acceptors (Lipinski definition) is 1. The second kappa shape index (κ2) is 2.54. The van der Waals surface area contributed by atoms with Crippen LogP contribution < -0.4 is 5.32 Å². The number of fused-ring (bicyclic) bond motifs is 2. The Hall–Kier alpha value is -0.0400. The lowest BCUT2D eigenvalue weighted by molar-refractivity contribution is 0.185. The molecule has 2 aliphatic heterocycles. The topological polar surface area (TPSA) is 12.0 Å². The summed E-state index contributed by atoms with van der Waals surface area (Å²) in [5, 5.41) is 3.70. The third-order valence-corrected chi connectivity index (χ3v) is 3.17. The molecule has 0 saturated carbocycles. The van der Waals surface area contributed by atoms with Gasteiger partial charge >= 0.3 is 0 Å². The van der Waals surface area contributed by atoms with Gasteiger partial charge in [0.25, 0.3) is 0 Å². The second-order valence-corrected chi connectivity index (χ2v) is 3.96. The van der Waals surface area contributed by atoms with Gasteiger partial charge in [0.05, 0.1) is 0 Å². The molecular formula is C9H17N. The maximum atomic E-state index is 3.70. The molecule has 2 bridgehead atoms. The minimum Gasteiger partial charge on any atom is -0.311 e. The fourth-order valence-corrected chi connectivity index (χ4v) is 2.40. The fourth-order valence-electron chi connectivity index (χ4n) is 2.40. The average Bonchev–Trinajstić information content (AvgIpc) is 1.99. The molecule has 58 valence electrons. The van der Waals surface area contributed by atoms with E-state index in [-0.39, 0.29) is 0 Å².